The van der Waals surface area contributed by atoms with Crippen LogP contribution >= 0.6 is 0 Å². The Labute approximate surface area is 112 Å². The number of rotatable bonds is 4. The Hall–Kier alpha value is -1.88. The van der Waals surface area contributed by atoms with Gasteiger partial charge < -0.3 is 14.5 Å². The van der Waals surface area contributed by atoms with E-state index in [1.807, 2.05) is 19.2 Å². The Kier molecular flexibility index (Phi) is 3.57. The Bertz CT molecular complexity index is 527. The highest BCUT2D eigenvalue weighted by atomic mass is 16.5. The number of ether oxygens (including phenoxy) is 1. The Morgan fingerprint density at radius 3 is 2.68 bits per heavy atom. The van der Waals surface area contributed by atoms with Crippen molar-refractivity contribution in [3.05, 3.63) is 23.8 Å². The van der Waals surface area contributed by atoms with E-state index in [0.29, 0.717) is 17.9 Å². The Morgan fingerprint density at radius 2 is 2.05 bits per heavy atom. The molecule has 0 spiro atoms. The fourth-order valence-electron chi connectivity index (χ4n) is 2.19. The van der Waals surface area contributed by atoms with Crippen LogP contribution in [0.25, 0.3) is 0 Å². The molecule has 1 heterocycles. The van der Waals surface area contributed by atoms with Crippen LogP contribution < -0.4 is 9.80 Å². The van der Waals surface area contributed by atoms with Crippen molar-refractivity contribution >= 4 is 23.1 Å². The van der Waals surface area contributed by atoms with Crippen molar-refractivity contribution in [2.75, 3.05) is 37.6 Å². The Balaban J connectivity index is 2.33. The number of hydrogen-bond acceptors (Lipinski definition) is 4. The molecule has 102 valence electrons. The summed E-state index contributed by atoms with van der Waals surface area (Å²) in [5.41, 5.74) is 2.10. The van der Waals surface area contributed by atoms with Gasteiger partial charge in [-0.3, -0.25) is 9.59 Å². The normalized spacial score (nSPS) is 15.7. The fourth-order valence-corrected chi connectivity index (χ4v) is 2.19. The summed E-state index contributed by atoms with van der Waals surface area (Å²) < 4.78 is 5.13. The molecule has 5 nitrogen and oxygen atoms in total. The van der Waals surface area contributed by atoms with Gasteiger partial charge in [0.25, 0.3) is 11.7 Å². The van der Waals surface area contributed by atoms with Gasteiger partial charge in [-0.15, -0.1) is 0 Å². The molecule has 0 bridgehead atoms. The van der Waals surface area contributed by atoms with Crippen molar-refractivity contribution in [2.45, 2.75) is 13.0 Å². The molecule has 0 saturated heterocycles. The predicted octanol–water partition coefficient (Wildman–Crippen LogP) is 1.32. The molecule has 0 aromatic heterocycles. The van der Waals surface area contributed by atoms with Gasteiger partial charge in [0.1, 0.15) is 0 Å². The van der Waals surface area contributed by atoms with E-state index in [-0.39, 0.29) is 6.04 Å². The maximum absolute atomic E-state index is 11.7. The summed E-state index contributed by atoms with van der Waals surface area (Å²) in [5, 5.41) is 0. The van der Waals surface area contributed by atoms with Crippen LogP contribution in [-0.2, 0) is 9.53 Å². The minimum absolute atomic E-state index is 0.209. The van der Waals surface area contributed by atoms with Crippen molar-refractivity contribution in [1.29, 1.82) is 0 Å². The summed E-state index contributed by atoms with van der Waals surface area (Å²) in [6.45, 7) is 2.66. The number of carbonyl (C=O) groups excluding carboxylic acids is 2. The third kappa shape index (κ3) is 2.21. The average Bonchev–Trinajstić information content (AvgIpc) is 2.63. The van der Waals surface area contributed by atoms with E-state index in [9.17, 15) is 9.59 Å². The number of anilines is 2. The largest absolute Gasteiger partial charge is 0.383 e. The first kappa shape index (κ1) is 13.5. The summed E-state index contributed by atoms with van der Waals surface area (Å²) in [4.78, 5) is 26.8. The number of amides is 1. The summed E-state index contributed by atoms with van der Waals surface area (Å²) >= 11 is 0. The standard InChI is InChI=1S/C14H18N2O3/c1-9(8-19-4)15(2)10-5-6-11-12(7-10)16(3)14(18)13(11)17/h5-7,9H,8H2,1-4H3. The van der Waals surface area contributed by atoms with Crippen LogP contribution in [0.2, 0.25) is 0 Å². The number of fused-ring (bicyclic) bond motifs is 1. The molecule has 1 atom stereocenters. The first-order valence-electron chi connectivity index (χ1n) is 6.15. The van der Waals surface area contributed by atoms with Gasteiger partial charge in [0.15, 0.2) is 0 Å². The molecule has 19 heavy (non-hydrogen) atoms. The van der Waals surface area contributed by atoms with E-state index in [1.54, 1.807) is 20.2 Å². The third-order valence-electron chi connectivity index (χ3n) is 3.56. The molecule has 0 fully saturated rings. The molecule has 0 saturated carbocycles. The van der Waals surface area contributed by atoms with Gasteiger partial charge in [0, 0.05) is 32.9 Å². The van der Waals surface area contributed by atoms with Crippen LogP contribution in [-0.4, -0.2) is 45.5 Å². The lowest BCUT2D eigenvalue weighted by molar-refractivity contribution is -0.114. The summed E-state index contributed by atoms with van der Waals surface area (Å²) in [6.07, 6.45) is 0. The molecule has 1 aliphatic heterocycles. The van der Waals surface area contributed by atoms with Gasteiger partial charge in [-0.2, -0.15) is 0 Å². The number of likely N-dealkylation sites (N-methyl/N-ethyl adjacent to an activating group) is 2. The molecular formula is C14H18N2O3. The number of carbonyl (C=O) groups is 2. The van der Waals surface area contributed by atoms with Gasteiger partial charge in [0.2, 0.25) is 0 Å². The van der Waals surface area contributed by atoms with E-state index < -0.39 is 11.7 Å². The second-order valence-corrected chi connectivity index (χ2v) is 4.81. The molecule has 1 aromatic rings. The molecule has 0 radical (unpaired) electrons. The van der Waals surface area contributed by atoms with Crippen molar-refractivity contribution in [2.24, 2.45) is 0 Å². The summed E-state index contributed by atoms with van der Waals surface area (Å²) in [6, 6.07) is 5.64. The number of Topliss-reactive ketones (excluding diaryl/α,β-unsaturated/α-hetero) is 1. The minimum Gasteiger partial charge on any atom is -0.383 e. The first-order chi connectivity index (χ1) is 8.97. The van der Waals surface area contributed by atoms with Crippen LogP contribution in [0, 0.1) is 0 Å². The highest BCUT2D eigenvalue weighted by molar-refractivity contribution is 6.52. The molecular weight excluding hydrogens is 244 g/mol. The Morgan fingerprint density at radius 1 is 1.37 bits per heavy atom. The number of ketones is 1. The monoisotopic (exact) mass is 262 g/mol. The fraction of sp³-hybridized carbons (Fsp3) is 0.429. The zero-order chi connectivity index (χ0) is 14.2. The second kappa shape index (κ2) is 5.01. The third-order valence-corrected chi connectivity index (χ3v) is 3.56. The summed E-state index contributed by atoms with van der Waals surface area (Å²) in [5.74, 6) is -0.906. The second-order valence-electron chi connectivity index (χ2n) is 4.81. The molecule has 2 rings (SSSR count). The van der Waals surface area contributed by atoms with Gasteiger partial charge >= 0.3 is 0 Å². The lowest BCUT2D eigenvalue weighted by Gasteiger charge is -2.27. The van der Waals surface area contributed by atoms with Crippen molar-refractivity contribution in [3.8, 4) is 0 Å². The highest BCUT2D eigenvalue weighted by Crippen LogP contribution is 2.32. The molecule has 0 N–H and O–H groups in total. The van der Waals surface area contributed by atoms with Crippen LogP contribution in [0.1, 0.15) is 17.3 Å². The van der Waals surface area contributed by atoms with E-state index in [1.165, 1.54) is 4.90 Å². The van der Waals surface area contributed by atoms with Crippen LogP contribution in [0.5, 0.6) is 0 Å². The predicted molar refractivity (Wildman–Crippen MR) is 73.9 cm³/mol. The van der Waals surface area contributed by atoms with E-state index in [4.69, 9.17) is 4.74 Å². The number of methoxy groups -OCH3 is 1. The SMILES string of the molecule is COCC(C)N(C)c1ccc2c(c1)N(C)C(=O)C2=O. The van der Waals surface area contributed by atoms with Crippen molar-refractivity contribution < 1.29 is 14.3 Å². The van der Waals surface area contributed by atoms with Gasteiger partial charge in [-0.05, 0) is 25.1 Å². The van der Waals surface area contributed by atoms with E-state index in [2.05, 4.69) is 11.8 Å². The number of benzene rings is 1. The smallest absolute Gasteiger partial charge is 0.299 e. The molecule has 1 unspecified atom stereocenters. The highest BCUT2D eigenvalue weighted by Gasteiger charge is 2.33. The van der Waals surface area contributed by atoms with Gasteiger partial charge in [-0.1, -0.05) is 0 Å². The number of nitrogens with zero attached hydrogens (tertiary/aromatic N) is 2. The molecule has 0 aliphatic carbocycles. The molecule has 1 aromatic carbocycles. The van der Waals surface area contributed by atoms with E-state index in [0.717, 1.165) is 5.69 Å². The lowest BCUT2D eigenvalue weighted by atomic mass is 10.1. The number of hydrogen-bond donors (Lipinski definition) is 0. The average molecular weight is 262 g/mol. The first-order valence-corrected chi connectivity index (χ1v) is 6.15. The van der Waals surface area contributed by atoms with Crippen LogP contribution in [0.4, 0.5) is 11.4 Å². The quantitative estimate of drug-likeness (QED) is 0.768. The minimum atomic E-state index is -0.472. The van der Waals surface area contributed by atoms with Crippen LogP contribution in [0.15, 0.2) is 18.2 Å². The zero-order valence-electron chi connectivity index (χ0n) is 11.6. The lowest BCUT2D eigenvalue weighted by Crippen LogP contribution is -2.32. The zero-order valence-corrected chi connectivity index (χ0v) is 11.6. The summed E-state index contributed by atoms with van der Waals surface area (Å²) in [7, 11) is 5.25. The maximum Gasteiger partial charge on any atom is 0.299 e. The van der Waals surface area contributed by atoms with Crippen LogP contribution in [0.3, 0.4) is 0 Å². The maximum atomic E-state index is 11.7. The van der Waals surface area contributed by atoms with Gasteiger partial charge in [-0.25, -0.2) is 0 Å². The van der Waals surface area contributed by atoms with Gasteiger partial charge in [0.05, 0.1) is 17.9 Å². The molecule has 1 aliphatic rings. The molecule has 1 amide bonds. The topological polar surface area (TPSA) is 49.9 Å². The van der Waals surface area contributed by atoms with Crippen molar-refractivity contribution in [3.63, 3.8) is 0 Å². The van der Waals surface area contributed by atoms with Crippen molar-refractivity contribution in [1.82, 2.24) is 0 Å². The molecule has 5 heteroatoms. The van der Waals surface area contributed by atoms with E-state index >= 15 is 0 Å².